The summed E-state index contributed by atoms with van der Waals surface area (Å²) in [6, 6.07) is 13.3. The lowest BCUT2D eigenvalue weighted by molar-refractivity contribution is -0.136. The van der Waals surface area contributed by atoms with Gasteiger partial charge in [0, 0.05) is 30.9 Å². The lowest BCUT2D eigenvalue weighted by atomic mass is 10.1. The molecule has 4 rings (SSSR count). The number of likely N-dealkylation sites (N-methyl/N-ethyl adjacent to an activating group) is 1. The summed E-state index contributed by atoms with van der Waals surface area (Å²) in [7, 11) is 5.60. The third-order valence-electron chi connectivity index (χ3n) is 5.73. The van der Waals surface area contributed by atoms with E-state index >= 15 is 0 Å². The van der Waals surface area contributed by atoms with Crippen molar-refractivity contribution >= 4 is 28.5 Å². The summed E-state index contributed by atoms with van der Waals surface area (Å²) in [6.07, 6.45) is 1.57. The molecule has 0 saturated heterocycles. The smallest absolute Gasteiger partial charge is 0.313 e. The van der Waals surface area contributed by atoms with Crippen LogP contribution in [-0.4, -0.2) is 46.9 Å². The average molecular weight is 464 g/mol. The van der Waals surface area contributed by atoms with E-state index in [0.29, 0.717) is 22.8 Å². The number of aryl methyl sites for hydroxylation is 2. The zero-order valence-corrected chi connectivity index (χ0v) is 19.4. The molecule has 0 aliphatic carbocycles. The van der Waals surface area contributed by atoms with Gasteiger partial charge in [0.05, 0.1) is 23.3 Å². The van der Waals surface area contributed by atoms with Gasteiger partial charge < -0.3 is 19.6 Å². The largest absolute Gasteiger partial charge is 0.468 e. The Morgan fingerprint density at radius 1 is 1.15 bits per heavy atom. The van der Waals surface area contributed by atoms with Gasteiger partial charge in [0.2, 0.25) is 0 Å². The molecule has 0 saturated carbocycles. The van der Waals surface area contributed by atoms with E-state index in [1.807, 2.05) is 49.7 Å². The summed E-state index contributed by atoms with van der Waals surface area (Å²) in [5, 5.41) is 5.32. The molecule has 2 N–H and O–H groups in total. The van der Waals surface area contributed by atoms with Gasteiger partial charge in [0.15, 0.2) is 0 Å². The van der Waals surface area contributed by atoms with Crippen LogP contribution in [0.4, 0.5) is 10.1 Å². The van der Waals surface area contributed by atoms with Crippen LogP contribution in [0.1, 0.15) is 17.4 Å². The van der Waals surface area contributed by atoms with Crippen LogP contribution in [0.15, 0.2) is 59.2 Å². The minimum atomic E-state index is -0.758. The molecule has 0 radical (unpaired) electrons. The second kappa shape index (κ2) is 9.48. The monoisotopic (exact) mass is 463 g/mol. The van der Waals surface area contributed by atoms with Crippen LogP contribution < -0.4 is 10.6 Å². The van der Waals surface area contributed by atoms with Crippen LogP contribution in [0.2, 0.25) is 0 Å². The molecule has 2 aromatic heterocycles. The molecule has 0 fully saturated rings. The van der Waals surface area contributed by atoms with Crippen LogP contribution in [0.5, 0.6) is 0 Å². The van der Waals surface area contributed by atoms with E-state index in [1.165, 1.54) is 12.1 Å². The topological polar surface area (TPSA) is 92.4 Å². The molecule has 2 aromatic carbocycles. The first-order valence-electron chi connectivity index (χ1n) is 10.8. The number of imidazole rings is 1. The number of nitrogens with zero attached hydrogens (tertiary/aromatic N) is 3. The van der Waals surface area contributed by atoms with E-state index in [-0.39, 0.29) is 18.4 Å². The fourth-order valence-electron chi connectivity index (χ4n) is 3.84. The van der Waals surface area contributed by atoms with Crippen molar-refractivity contribution in [3.05, 3.63) is 71.9 Å². The minimum Gasteiger partial charge on any atom is -0.468 e. The number of nitrogens with one attached hydrogen (secondary N) is 2. The highest BCUT2D eigenvalue weighted by Crippen LogP contribution is 2.27. The second-order valence-electron chi connectivity index (χ2n) is 8.32. The third-order valence-corrected chi connectivity index (χ3v) is 5.73. The summed E-state index contributed by atoms with van der Waals surface area (Å²) in [5.41, 5.74) is 3.47. The Hall–Kier alpha value is -3.98. The first kappa shape index (κ1) is 23.2. The zero-order valence-electron chi connectivity index (χ0n) is 19.4. The maximum Gasteiger partial charge on any atom is 0.313 e. The van der Waals surface area contributed by atoms with E-state index in [2.05, 4.69) is 15.6 Å². The zero-order chi connectivity index (χ0) is 24.4. The predicted molar refractivity (Wildman–Crippen MR) is 128 cm³/mol. The van der Waals surface area contributed by atoms with Crippen molar-refractivity contribution in [3.63, 3.8) is 0 Å². The maximum atomic E-state index is 13.6. The predicted octanol–water partition coefficient (Wildman–Crippen LogP) is 3.64. The number of benzene rings is 2. The Bertz CT molecular complexity index is 1340. The first-order valence-corrected chi connectivity index (χ1v) is 10.8. The van der Waals surface area contributed by atoms with Crippen molar-refractivity contribution in [1.82, 2.24) is 19.8 Å². The fraction of sp³-hybridized carbons (Fsp3) is 0.240. The highest BCUT2D eigenvalue weighted by Gasteiger charge is 2.21. The van der Waals surface area contributed by atoms with E-state index in [0.717, 1.165) is 16.6 Å². The molecule has 1 unspecified atom stereocenters. The fourth-order valence-corrected chi connectivity index (χ4v) is 3.84. The number of anilines is 1. The Balaban J connectivity index is 1.45. The summed E-state index contributed by atoms with van der Waals surface area (Å²) in [6.45, 7) is 2.05. The molecule has 0 bridgehead atoms. The maximum absolute atomic E-state index is 13.6. The van der Waals surface area contributed by atoms with Crippen LogP contribution in [0.25, 0.3) is 22.4 Å². The van der Waals surface area contributed by atoms with Crippen LogP contribution in [-0.2, 0) is 16.6 Å². The van der Waals surface area contributed by atoms with Gasteiger partial charge >= 0.3 is 11.8 Å². The normalized spacial score (nSPS) is 12.2. The molecule has 4 aromatic rings. The number of carbonyl (C=O) groups excluding carboxylic acids is 2. The summed E-state index contributed by atoms with van der Waals surface area (Å²) in [4.78, 5) is 31.3. The van der Waals surface area contributed by atoms with Gasteiger partial charge in [0.1, 0.15) is 17.4 Å². The molecule has 0 aliphatic heterocycles. The molecule has 2 amide bonds. The molecular formula is C25H26FN5O3. The molecule has 8 nitrogen and oxygen atoms in total. The molecule has 0 spiro atoms. The summed E-state index contributed by atoms with van der Waals surface area (Å²) < 4.78 is 20.9. The molecule has 1 atom stereocenters. The number of amides is 2. The van der Waals surface area contributed by atoms with Gasteiger partial charge in [-0.15, -0.1) is 0 Å². The van der Waals surface area contributed by atoms with Gasteiger partial charge in [-0.2, -0.15) is 0 Å². The standard InChI is InChI=1S/C25H26FN5O3/c1-15-12-16(23-28-19-13-17(26)8-10-20(19)31(23)4)7-9-18(15)29-25(33)24(32)27-14-21(30(2)3)22-6-5-11-34-22/h5-13,21H,14H2,1-4H3,(H,27,32)(H,29,33). The van der Waals surface area contributed by atoms with E-state index in [4.69, 9.17) is 4.42 Å². The number of carbonyl (C=O) groups is 2. The van der Waals surface area contributed by atoms with Crippen molar-refractivity contribution in [2.45, 2.75) is 13.0 Å². The molecule has 0 aliphatic rings. The summed E-state index contributed by atoms with van der Waals surface area (Å²) >= 11 is 0. The Morgan fingerprint density at radius 3 is 2.62 bits per heavy atom. The molecule has 2 heterocycles. The average Bonchev–Trinajstić information content (AvgIpc) is 3.43. The summed E-state index contributed by atoms with van der Waals surface area (Å²) in [5.74, 6) is -0.468. The number of rotatable bonds is 6. The van der Waals surface area contributed by atoms with Gasteiger partial charge in [-0.05, 0) is 69.0 Å². The van der Waals surface area contributed by atoms with E-state index in [1.54, 1.807) is 30.5 Å². The number of aromatic nitrogens is 2. The van der Waals surface area contributed by atoms with Crippen molar-refractivity contribution < 1.29 is 18.4 Å². The van der Waals surface area contributed by atoms with Crippen molar-refractivity contribution in [3.8, 4) is 11.4 Å². The van der Waals surface area contributed by atoms with Crippen LogP contribution in [0.3, 0.4) is 0 Å². The second-order valence-corrected chi connectivity index (χ2v) is 8.32. The highest BCUT2D eigenvalue weighted by molar-refractivity contribution is 6.39. The van der Waals surface area contributed by atoms with Crippen LogP contribution >= 0.6 is 0 Å². The number of hydrogen-bond acceptors (Lipinski definition) is 5. The molecule has 176 valence electrons. The Kier molecular flexibility index (Phi) is 6.47. The number of fused-ring (bicyclic) bond motifs is 1. The first-order chi connectivity index (χ1) is 16.2. The lowest BCUT2D eigenvalue weighted by Crippen LogP contribution is -2.40. The molecule has 9 heteroatoms. The highest BCUT2D eigenvalue weighted by atomic mass is 19.1. The van der Waals surface area contributed by atoms with Gasteiger partial charge in [-0.3, -0.25) is 14.5 Å². The van der Waals surface area contributed by atoms with Crippen LogP contribution in [0, 0.1) is 12.7 Å². The Morgan fingerprint density at radius 2 is 1.94 bits per heavy atom. The molecular weight excluding hydrogens is 437 g/mol. The Labute approximate surface area is 196 Å². The minimum absolute atomic E-state index is 0.199. The van der Waals surface area contributed by atoms with Crippen molar-refractivity contribution in [2.75, 3.05) is 26.0 Å². The van der Waals surface area contributed by atoms with Gasteiger partial charge in [0.25, 0.3) is 0 Å². The quantitative estimate of drug-likeness (QED) is 0.426. The van der Waals surface area contributed by atoms with Gasteiger partial charge in [-0.1, -0.05) is 0 Å². The number of hydrogen-bond donors (Lipinski definition) is 2. The van der Waals surface area contributed by atoms with Crippen molar-refractivity contribution in [1.29, 1.82) is 0 Å². The number of furan rings is 1. The lowest BCUT2D eigenvalue weighted by Gasteiger charge is -2.22. The van der Waals surface area contributed by atoms with E-state index < -0.39 is 11.8 Å². The number of halogens is 1. The van der Waals surface area contributed by atoms with Crippen molar-refractivity contribution in [2.24, 2.45) is 7.05 Å². The van der Waals surface area contributed by atoms with Gasteiger partial charge in [-0.25, -0.2) is 9.37 Å². The SMILES string of the molecule is Cc1cc(-c2nc3cc(F)ccc3n2C)ccc1NC(=O)C(=O)NCC(c1ccco1)N(C)C. The van der Waals surface area contributed by atoms with E-state index in [9.17, 15) is 14.0 Å². The molecule has 34 heavy (non-hydrogen) atoms. The third kappa shape index (κ3) is 4.69.